The van der Waals surface area contributed by atoms with Crippen LogP contribution in [0.25, 0.3) is 0 Å². The van der Waals surface area contributed by atoms with Crippen LogP contribution in [-0.4, -0.2) is 24.8 Å². The Morgan fingerprint density at radius 3 is 2.31 bits per heavy atom. The van der Waals surface area contributed by atoms with Crippen LogP contribution in [0.15, 0.2) is 18.2 Å². The number of hydrogen-bond acceptors (Lipinski definition) is 3. The fourth-order valence-electron chi connectivity index (χ4n) is 2.69. The van der Waals surface area contributed by atoms with Crippen molar-refractivity contribution < 1.29 is 9.53 Å². The summed E-state index contributed by atoms with van der Waals surface area (Å²) in [7, 11) is 0. The number of amides is 1. The van der Waals surface area contributed by atoms with E-state index in [9.17, 15) is 4.79 Å². The molecule has 1 amide bonds. The number of hydrogen-bond donors (Lipinski definition) is 2. The Hall–Kier alpha value is -1.16. The highest BCUT2D eigenvalue weighted by Gasteiger charge is 2.26. The van der Waals surface area contributed by atoms with Crippen molar-refractivity contribution in [2.45, 2.75) is 78.1 Å². The zero-order chi connectivity index (χ0) is 19.8. The number of carbonyl (C=O) groups is 1. The number of benzene rings is 1. The molecule has 0 bridgehead atoms. The van der Waals surface area contributed by atoms with Gasteiger partial charge in [-0.25, -0.2) is 0 Å². The first-order chi connectivity index (χ1) is 12.2. The highest BCUT2D eigenvalue weighted by atomic mass is 32.1. The van der Waals surface area contributed by atoms with Crippen molar-refractivity contribution in [3.63, 3.8) is 0 Å². The van der Waals surface area contributed by atoms with E-state index in [1.807, 2.05) is 0 Å². The lowest BCUT2D eigenvalue weighted by atomic mass is 9.76. The van der Waals surface area contributed by atoms with E-state index in [0.717, 1.165) is 31.4 Å². The van der Waals surface area contributed by atoms with E-state index in [2.05, 4.69) is 77.7 Å². The van der Waals surface area contributed by atoms with E-state index in [0.29, 0.717) is 13.2 Å². The molecule has 1 aromatic carbocycles. The third-order valence-corrected chi connectivity index (χ3v) is 5.84. The van der Waals surface area contributed by atoms with Gasteiger partial charge in [-0.3, -0.25) is 4.79 Å². The summed E-state index contributed by atoms with van der Waals surface area (Å²) in [5.74, 6) is 1.22. The van der Waals surface area contributed by atoms with Crippen LogP contribution in [0.4, 0.5) is 0 Å². The monoisotopic (exact) mass is 379 g/mol. The van der Waals surface area contributed by atoms with E-state index in [1.165, 1.54) is 11.1 Å². The highest BCUT2D eigenvalue weighted by molar-refractivity contribution is 7.81. The van der Waals surface area contributed by atoms with Crippen LogP contribution in [0, 0.1) is 0 Å². The van der Waals surface area contributed by atoms with Gasteiger partial charge in [0.25, 0.3) is 0 Å². The smallest absolute Gasteiger partial charge is 0.229 e. The maximum Gasteiger partial charge on any atom is 0.229 e. The van der Waals surface area contributed by atoms with Crippen LogP contribution in [-0.2, 0) is 15.6 Å². The number of ether oxygens (including phenoxy) is 1. The van der Waals surface area contributed by atoms with Crippen LogP contribution >= 0.6 is 12.6 Å². The first-order valence-electron chi connectivity index (χ1n) is 9.83. The van der Waals surface area contributed by atoms with Crippen molar-refractivity contribution in [1.29, 1.82) is 0 Å². The standard InChI is InChI=1S/C22H37NO2S/c1-7-21(3,4)17-11-12-19(18(15-17)22(5,6)8-2)25-14-10-9-13-23-20(24)16-26/h11-12,15,26H,7-10,13-14,16H2,1-6H3,(H,23,24). The lowest BCUT2D eigenvalue weighted by Gasteiger charge is -2.30. The number of rotatable bonds is 11. The van der Waals surface area contributed by atoms with Crippen molar-refractivity contribution in [3.8, 4) is 5.75 Å². The zero-order valence-electron chi connectivity index (χ0n) is 17.4. The molecule has 1 aromatic rings. The van der Waals surface area contributed by atoms with Crippen molar-refractivity contribution >= 4 is 18.5 Å². The fourth-order valence-corrected chi connectivity index (χ4v) is 2.80. The van der Waals surface area contributed by atoms with Gasteiger partial charge in [-0.05, 0) is 48.1 Å². The molecular weight excluding hydrogens is 342 g/mol. The molecule has 0 aliphatic carbocycles. The first kappa shape index (κ1) is 22.9. The molecule has 148 valence electrons. The van der Waals surface area contributed by atoms with E-state index in [4.69, 9.17) is 4.74 Å². The Morgan fingerprint density at radius 2 is 1.73 bits per heavy atom. The van der Waals surface area contributed by atoms with Gasteiger partial charge in [-0.15, -0.1) is 0 Å². The Labute approximate surface area is 165 Å². The largest absolute Gasteiger partial charge is 0.493 e. The fraction of sp³-hybridized carbons (Fsp3) is 0.682. The summed E-state index contributed by atoms with van der Waals surface area (Å²) in [6.07, 6.45) is 4.00. The zero-order valence-corrected chi connectivity index (χ0v) is 18.3. The summed E-state index contributed by atoms with van der Waals surface area (Å²) >= 11 is 3.95. The van der Waals surface area contributed by atoms with Gasteiger partial charge in [0.2, 0.25) is 5.91 Å². The summed E-state index contributed by atoms with van der Waals surface area (Å²) in [5.41, 5.74) is 2.92. The van der Waals surface area contributed by atoms with Crippen molar-refractivity contribution in [3.05, 3.63) is 29.3 Å². The third-order valence-electron chi connectivity index (χ3n) is 5.55. The number of nitrogens with one attached hydrogen (secondary N) is 1. The predicted octanol–water partition coefficient (Wildman–Crippen LogP) is 5.27. The van der Waals surface area contributed by atoms with Crippen LogP contribution in [0.5, 0.6) is 5.75 Å². The number of carbonyl (C=O) groups excluding carboxylic acids is 1. The molecule has 0 unspecified atom stereocenters. The molecule has 0 heterocycles. The molecule has 0 fully saturated rings. The molecule has 0 spiro atoms. The molecule has 0 radical (unpaired) electrons. The van der Waals surface area contributed by atoms with E-state index < -0.39 is 0 Å². The molecule has 0 aliphatic heterocycles. The number of unbranched alkanes of at least 4 members (excludes halogenated alkanes) is 1. The highest BCUT2D eigenvalue weighted by Crippen LogP contribution is 2.38. The summed E-state index contributed by atoms with van der Waals surface area (Å²) in [6, 6.07) is 6.69. The minimum absolute atomic E-state index is 0.0182. The second kappa shape index (κ2) is 10.2. The SMILES string of the molecule is CCC(C)(C)c1ccc(OCCCCNC(=O)CS)c(C(C)(C)CC)c1. The second-order valence-corrected chi connectivity index (χ2v) is 8.57. The maximum atomic E-state index is 11.2. The van der Waals surface area contributed by atoms with Crippen molar-refractivity contribution in [1.82, 2.24) is 5.32 Å². The molecule has 1 N–H and O–H groups in total. The molecule has 0 atom stereocenters. The maximum absolute atomic E-state index is 11.2. The molecular formula is C22H37NO2S. The summed E-state index contributed by atoms with van der Waals surface area (Å²) < 4.78 is 6.13. The van der Waals surface area contributed by atoms with Crippen molar-refractivity contribution in [2.24, 2.45) is 0 Å². The Balaban J connectivity index is 2.79. The van der Waals surface area contributed by atoms with Crippen LogP contribution in [0.2, 0.25) is 0 Å². The van der Waals surface area contributed by atoms with E-state index in [1.54, 1.807) is 0 Å². The summed E-state index contributed by atoms with van der Waals surface area (Å²) in [4.78, 5) is 11.2. The van der Waals surface area contributed by atoms with E-state index >= 15 is 0 Å². The quantitative estimate of drug-likeness (QED) is 0.406. The third kappa shape index (κ3) is 6.53. The molecule has 0 aliphatic rings. The molecule has 0 aromatic heterocycles. The lowest BCUT2D eigenvalue weighted by molar-refractivity contribution is -0.118. The van der Waals surface area contributed by atoms with Crippen LogP contribution in [0.1, 0.15) is 78.4 Å². The average Bonchev–Trinajstić information content (AvgIpc) is 2.64. The van der Waals surface area contributed by atoms with Gasteiger partial charge in [0.05, 0.1) is 12.4 Å². The Morgan fingerprint density at radius 1 is 1.08 bits per heavy atom. The van der Waals surface area contributed by atoms with Gasteiger partial charge in [0.15, 0.2) is 0 Å². The molecule has 26 heavy (non-hydrogen) atoms. The minimum Gasteiger partial charge on any atom is -0.493 e. The average molecular weight is 380 g/mol. The lowest BCUT2D eigenvalue weighted by Crippen LogP contribution is -2.25. The Kier molecular flexibility index (Phi) is 9.02. The van der Waals surface area contributed by atoms with Gasteiger partial charge >= 0.3 is 0 Å². The minimum atomic E-state index is -0.0182. The van der Waals surface area contributed by atoms with E-state index in [-0.39, 0.29) is 22.5 Å². The predicted molar refractivity (Wildman–Crippen MR) is 115 cm³/mol. The van der Waals surface area contributed by atoms with Gasteiger partial charge in [-0.2, -0.15) is 12.6 Å². The normalized spacial score (nSPS) is 12.1. The topological polar surface area (TPSA) is 38.3 Å². The van der Waals surface area contributed by atoms with Crippen LogP contribution in [0.3, 0.4) is 0 Å². The van der Waals surface area contributed by atoms with Gasteiger partial charge in [-0.1, -0.05) is 53.7 Å². The van der Waals surface area contributed by atoms with Crippen LogP contribution < -0.4 is 10.1 Å². The van der Waals surface area contributed by atoms with Gasteiger partial charge in [0, 0.05) is 12.1 Å². The van der Waals surface area contributed by atoms with Crippen molar-refractivity contribution in [2.75, 3.05) is 18.9 Å². The molecule has 4 heteroatoms. The molecule has 0 saturated heterocycles. The Bertz CT molecular complexity index is 582. The molecule has 3 nitrogen and oxygen atoms in total. The number of thiol groups is 1. The molecule has 0 saturated carbocycles. The molecule has 1 rings (SSSR count). The van der Waals surface area contributed by atoms with Gasteiger partial charge < -0.3 is 10.1 Å². The summed E-state index contributed by atoms with van der Waals surface area (Å²) in [5, 5.41) is 2.84. The van der Waals surface area contributed by atoms with Gasteiger partial charge in [0.1, 0.15) is 5.75 Å². The first-order valence-corrected chi connectivity index (χ1v) is 10.5. The summed E-state index contributed by atoms with van der Waals surface area (Å²) in [6.45, 7) is 15.0. The second-order valence-electron chi connectivity index (χ2n) is 8.25.